The van der Waals surface area contributed by atoms with E-state index < -0.39 is 0 Å². The maximum Gasteiger partial charge on any atom is 0.0934 e. The largest absolute Gasteiger partial charge is 0.393 e. The highest BCUT2D eigenvalue weighted by Gasteiger charge is 2.27. The normalized spacial score (nSPS) is 32.0. The van der Waals surface area contributed by atoms with Crippen LogP contribution < -0.4 is 5.32 Å². The maximum atomic E-state index is 9.51. The average Bonchev–Trinajstić information content (AvgIpc) is 2.92. The van der Waals surface area contributed by atoms with E-state index in [2.05, 4.69) is 11.4 Å². The molecule has 17 heavy (non-hydrogen) atoms. The van der Waals surface area contributed by atoms with Gasteiger partial charge in [-0.1, -0.05) is 11.6 Å². The molecule has 2 nitrogen and oxygen atoms in total. The van der Waals surface area contributed by atoms with Crippen LogP contribution in [0, 0.1) is 5.92 Å². The zero-order chi connectivity index (χ0) is 11.8. The Labute approximate surface area is 111 Å². The molecule has 3 rings (SSSR count). The molecule has 0 bridgehead atoms. The molecule has 3 unspecified atom stereocenters. The molecule has 94 valence electrons. The van der Waals surface area contributed by atoms with Crippen LogP contribution in [0.2, 0.25) is 4.34 Å². The van der Waals surface area contributed by atoms with Crippen molar-refractivity contribution in [3.63, 3.8) is 0 Å². The van der Waals surface area contributed by atoms with Crippen LogP contribution in [0.15, 0.2) is 6.07 Å². The van der Waals surface area contributed by atoms with Gasteiger partial charge >= 0.3 is 0 Å². The van der Waals surface area contributed by atoms with Gasteiger partial charge in [0.2, 0.25) is 0 Å². The summed E-state index contributed by atoms with van der Waals surface area (Å²) in [6.45, 7) is 1.04. The molecule has 1 fully saturated rings. The van der Waals surface area contributed by atoms with Crippen LogP contribution >= 0.6 is 22.9 Å². The van der Waals surface area contributed by atoms with Gasteiger partial charge in [-0.05, 0) is 56.2 Å². The molecule has 1 heterocycles. The molecule has 0 amide bonds. The summed E-state index contributed by atoms with van der Waals surface area (Å²) in [5.74, 6) is 0.656. The van der Waals surface area contributed by atoms with E-state index in [4.69, 9.17) is 11.6 Å². The molecule has 0 spiro atoms. The lowest BCUT2D eigenvalue weighted by atomic mass is 10.1. The van der Waals surface area contributed by atoms with E-state index in [9.17, 15) is 5.11 Å². The van der Waals surface area contributed by atoms with Gasteiger partial charge in [0.1, 0.15) is 0 Å². The summed E-state index contributed by atoms with van der Waals surface area (Å²) < 4.78 is 0.915. The predicted octanol–water partition coefficient (Wildman–Crippen LogP) is 3.14. The smallest absolute Gasteiger partial charge is 0.0934 e. The second-order valence-corrected chi connectivity index (χ2v) is 7.03. The Kier molecular flexibility index (Phi) is 3.44. The van der Waals surface area contributed by atoms with E-state index >= 15 is 0 Å². The van der Waals surface area contributed by atoms with E-state index in [-0.39, 0.29) is 6.10 Å². The highest BCUT2D eigenvalue weighted by Crippen LogP contribution is 2.39. The Morgan fingerprint density at radius 2 is 2.29 bits per heavy atom. The quantitative estimate of drug-likeness (QED) is 0.885. The second-order valence-electron chi connectivity index (χ2n) is 5.26. The van der Waals surface area contributed by atoms with Crippen LogP contribution in [0.4, 0.5) is 0 Å². The fourth-order valence-corrected chi connectivity index (χ4v) is 4.44. The van der Waals surface area contributed by atoms with Gasteiger partial charge in [-0.15, -0.1) is 11.3 Å². The Morgan fingerprint density at radius 1 is 1.41 bits per heavy atom. The van der Waals surface area contributed by atoms with Crippen molar-refractivity contribution in [2.45, 2.75) is 44.2 Å². The van der Waals surface area contributed by atoms with Crippen molar-refractivity contribution >= 4 is 22.9 Å². The van der Waals surface area contributed by atoms with Gasteiger partial charge in [-0.25, -0.2) is 0 Å². The van der Waals surface area contributed by atoms with Gasteiger partial charge in [0, 0.05) is 10.9 Å². The predicted molar refractivity (Wildman–Crippen MR) is 71.7 cm³/mol. The third-order valence-electron chi connectivity index (χ3n) is 4.01. The highest BCUT2D eigenvalue weighted by molar-refractivity contribution is 7.16. The van der Waals surface area contributed by atoms with E-state index in [0.29, 0.717) is 12.0 Å². The minimum Gasteiger partial charge on any atom is -0.393 e. The molecule has 2 N–H and O–H groups in total. The van der Waals surface area contributed by atoms with Gasteiger partial charge in [0.05, 0.1) is 10.4 Å². The first-order valence-electron chi connectivity index (χ1n) is 6.42. The summed E-state index contributed by atoms with van der Waals surface area (Å²) >= 11 is 7.77. The zero-order valence-electron chi connectivity index (χ0n) is 9.79. The molecule has 3 atom stereocenters. The van der Waals surface area contributed by atoms with Crippen LogP contribution in [-0.4, -0.2) is 17.8 Å². The standard InChI is InChI=1S/C13H18ClNOS/c14-13-6-10-11(3-4-12(10)17-13)15-7-8-1-2-9(16)5-8/h6,8-9,11,15-16H,1-5,7H2. The lowest BCUT2D eigenvalue weighted by molar-refractivity contribution is 0.177. The second kappa shape index (κ2) is 4.88. The van der Waals surface area contributed by atoms with Crippen molar-refractivity contribution in [1.82, 2.24) is 5.32 Å². The minimum absolute atomic E-state index is 0.0588. The molecule has 4 heteroatoms. The molecule has 0 saturated heterocycles. The van der Waals surface area contributed by atoms with Crippen molar-refractivity contribution in [3.05, 3.63) is 20.8 Å². The monoisotopic (exact) mass is 271 g/mol. The number of halogens is 1. The fraction of sp³-hybridized carbons (Fsp3) is 0.692. The Bertz CT molecular complexity index is 406. The third-order valence-corrected chi connectivity index (χ3v) is 5.35. The van der Waals surface area contributed by atoms with Gasteiger partial charge < -0.3 is 10.4 Å². The molecular weight excluding hydrogens is 254 g/mol. The molecule has 1 aromatic rings. The Morgan fingerprint density at radius 3 is 3.06 bits per heavy atom. The number of fused-ring (bicyclic) bond motifs is 1. The van der Waals surface area contributed by atoms with Gasteiger partial charge in [-0.2, -0.15) is 0 Å². The number of thiophene rings is 1. The van der Waals surface area contributed by atoms with Gasteiger partial charge in [0.25, 0.3) is 0 Å². The molecule has 2 aliphatic rings. The van der Waals surface area contributed by atoms with E-state index in [1.165, 1.54) is 16.9 Å². The molecule has 0 radical (unpaired) electrons. The van der Waals surface area contributed by atoms with E-state index in [1.807, 2.05) is 0 Å². The van der Waals surface area contributed by atoms with Gasteiger partial charge in [-0.3, -0.25) is 0 Å². The lowest BCUT2D eigenvalue weighted by Crippen LogP contribution is -2.25. The molecular formula is C13H18ClNOS. The summed E-state index contributed by atoms with van der Waals surface area (Å²) in [7, 11) is 0. The molecule has 0 aromatic carbocycles. The Hall–Kier alpha value is -0.0900. The lowest BCUT2D eigenvalue weighted by Gasteiger charge is -2.16. The number of nitrogens with one attached hydrogen (secondary N) is 1. The molecule has 1 saturated carbocycles. The van der Waals surface area contributed by atoms with Crippen molar-refractivity contribution in [2.75, 3.05) is 6.54 Å². The summed E-state index contributed by atoms with van der Waals surface area (Å²) in [6.07, 6.45) is 5.42. The topological polar surface area (TPSA) is 32.3 Å². The maximum absolute atomic E-state index is 9.51. The highest BCUT2D eigenvalue weighted by atomic mass is 35.5. The number of rotatable bonds is 3. The first-order chi connectivity index (χ1) is 8.22. The van der Waals surface area contributed by atoms with Crippen molar-refractivity contribution in [3.8, 4) is 0 Å². The minimum atomic E-state index is -0.0588. The van der Waals surface area contributed by atoms with E-state index in [0.717, 1.165) is 36.6 Å². The summed E-state index contributed by atoms with van der Waals surface area (Å²) in [6, 6.07) is 2.61. The Balaban J connectivity index is 1.56. The molecule has 1 aromatic heterocycles. The van der Waals surface area contributed by atoms with Crippen molar-refractivity contribution < 1.29 is 5.11 Å². The van der Waals surface area contributed by atoms with Crippen molar-refractivity contribution in [1.29, 1.82) is 0 Å². The van der Waals surface area contributed by atoms with Crippen LogP contribution in [-0.2, 0) is 6.42 Å². The van der Waals surface area contributed by atoms with Crippen LogP contribution in [0.5, 0.6) is 0 Å². The first kappa shape index (κ1) is 12.0. The van der Waals surface area contributed by atoms with Gasteiger partial charge in [0.15, 0.2) is 0 Å². The number of aryl methyl sites for hydroxylation is 1. The number of hydrogen-bond donors (Lipinski definition) is 2. The first-order valence-corrected chi connectivity index (χ1v) is 7.61. The average molecular weight is 272 g/mol. The third kappa shape index (κ3) is 2.53. The number of hydrogen-bond acceptors (Lipinski definition) is 3. The number of aliphatic hydroxyl groups is 1. The van der Waals surface area contributed by atoms with Crippen molar-refractivity contribution in [2.24, 2.45) is 5.92 Å². The fourth-order valence-electron chi connectivity index (χ4n) is 3.08. The summed E-state index contributed by atoms with van der Waals surface area (Å²) in [5, 5.41) is 13.2. The van der Waals surface area contributed by atoms with Crippen LogP contribution in [0.3, 0.4) is 0 Å². The van der Waals surface area contributed by atoms with Crippen LogP contribution in [0.1, 0.15) is 42.2 Å². The molecule has 2 aliphatic carbocycles. The van der Waals surface area contributed by atoms with Crippen LogP contribution in [0.25, 0.3) is 0 Å². The SMILES string of the molecule is OC1CCC(CNC2CCc3sc(Cl)cc32)C1. The summed E-state index contributed by atoms with van der Waals surface area (Å²) in [5.41, 5.74) is 1.42. The summed E-state index contributed by atoms with van der Waals surface area (Å²) in [4.78, 5) is 1.46. The van der Waals surface area contributed by atoms with E-state index in [1.54, 1.807) is 11.3 Å². The zero-order valence-corrected chi connectivity index (χ0v) is 11.4. The number of aliphatic hydroxyl groups excluding tert-OH is 1. The molecule has 0 aliphatic heterocycles.